The van der Waals surface area contributed by atoms with Gasteiger partial charge in [0, 0.05) is 6.54 Å². The van der Waals surface area contributed by atoms with Crippen LogP contribution in [-0.4, -0.2) is 21.7 Å². The maximum Gasteiger partial charge on any atom is 0.338 e. The molecule has 27 heavy (non-hydrogen) atoms. The minimum atomic E-state index is -0.727. The summed E-state index contributed by atoms with van der Waals surface area (Å²) in [6.07, 6.45) is 0. The van der Waals surface area contributed by atoms with Gasteiger partial charge in [-0.05, 0) is 49.7 Å². The van der Waals surface area contributed by atoms with Gasteiger partial charge in [0.15, 0.2) is 0 Å². The standard InChI is InChI=1S/C20H19FN2O4/c1-3-22-16-9-8-14(20(26)27-4-2)11-17(16)23(19(25)18(22)24)12-13-6-5-7-15(21)10-13/h5-11H,3-4,12H2,1-2H3. The van der Waals surface area contributed by atoms with Gasteiger partial charge in [0.25, 0.3) is 0 Å². The van der Waals surface area contributed by atoms with Crippen molar-refractivity contribution in [2.24, 2.45) is 0 Å². The fraction of sp³-hybridized carbons (Fsp3) is 0.250. The van der Waals surface area contributed by atoms with Crippen molar-refractivity contribution in [1.29, 1.82) is 0 Å². The number of halogens is 1. The van der Waals surface area contributed by atoms with E-state index in [1.165, 1.54) is 33.4 Å². The molecule has 0 aliphatic carbocycles. The molecule has 140 valence electrons. The molecule has 0 saturated heterocycles. The molecule has 0 unspecified atom stereocenters. The topological polar surface area (TPSA) is 70.3 Å². The van der Waals surface area contributed by atoms with E-state index in [1.54, 1.807) is 32.0 Å². The fourth-order valence-electron chi connectivity index (χ4n) is 3.05. The molecular weight excluding hydrogens is 351 g/mol. The number of nitrogens with zero attached hydrogens (tertiary/aromatic N) is 2. The van der Waals surface area contributed by atoms with E-state index in [2.05, 4.69) is 0 Å². The van der Waals surface area contributed by atoms with Gasteiger partial charge in [-0.1, -0.05) is 12.1 Å². The van der Waals surface area contributed by atoms with Gasteiger partial charge in [-0.15, -0.1) is 0 Å². The molecule has 0 N–H and O–H groups in total. The number of ether oxygens (including phenoxy) is 1. The third-order valence-corrected chi connectivity index (χ3v) is 4.29. The van der Waals surface area contributed by atoms with Crippen LogP contribution in [0, 0.1) is 5.82 Å². The monoisotopic (exact) mass is 370 g/mol. The zero-order valence-corrected chi connectivity index (χ0v) is 15.1. The Bertz CT molecular complexity index is 1130. The Balaban J connectivity index is 2.27. The van der Waals surface area contributed by atoms with Crippen LogP contribution < -0.4 is 11.1 Å². The molecule has 0 saturated carbocycles. The number of carbonyl (C=O) groups is 1. The first kappa shape index (κ1) is 18.6. The van der Waals surface area contributed by atoms with E-state index in [0.717, 1.165) is 0 Å². The highest BCUT2D eigenvalue weighted by atomic mass is 19.1. The summed E-state index contributed by atoms with van der Waals surface area (Å²) in [6, 6.07) is 10.5. The molecule has 2 aromatic carbocycles. The number of benzene rings is 2. The molecule has 1 heterocycles. The summed E-state index contributed by atoms with van der Waals surface area (Å²) >= 11 is 0. The molecule has 0 fully saturated rings. The average Bonchev–Trinajstić information content (AvgIpc) is 2.66. The fourth-order valence-corrected chi connectivity index (χ4v) is 3.05. The van der Waals surface area contributed by atoms with Crippen molar-refractivity contribution in [3.63, 3.8) is 0 Å². The van der Waals surface area contributed by atoms with Crippen LogP contribution >= 0.6 is 0 Å². The SMILES string of the molecule is CCOC(=O)c1ccc2c(c1)n(Cc1cccc(F)c1)c(=O)c(=O)n2CC. The number of fused-ring (bicyclic) bond motifs is 1. The van der Waals surface area contributed by atoms with Crippen LogP contribution in [0.2, 0.25) is 0 Å². The molecule has 0 bridgehead atoms. The van der Waals surface area contributed by atoms with Crippen molar-refractivity contribution < 1.29 is 13.9 Å². The lowest BCUT2D eigenvalue weighted by Gasteiger charge is -2.15. The van der Waals surface area contributed by atoms with E-state index in [0.29, 0.717) is 23.1 Å². The molecule has 0 atom stereocenters. The van der Waals surface area contributed by atoms with Crippen LogP contribution in [-0.2, 0) is 17.8 Å². The van der Waals surface area contributed by atoms with Crippen molar-refractivity contribution in [2.75, 3.05) is 6.61 Å². The zero-order valence-electron chi connectivity index (χ0n) is 15.1. The third kappa shape index (κ3) is 3.53. The molecule has 0 radical (unpaired) electrons. The molecular formula is C20H19FN2O4. The molecule has 0 spiro atoms. The highest BCUT2D eigenvalue weighted by molar-refractivity contribution is 5.93. The van der Waals surface area contributed by atoms with Crippen LogP contribution in [0.5, 0.6) is 0 Å². The lowest BCUT2D eigenvalue weighted by molar-refractivity contribution is 0.0526. The van der Waals surface area contributed by atoms with Gasteiger partial charge in [0.05, 0.1) is 29.7 Å². The summed E-state index contributed by atoms with van der Waals surface area (Å²) in [4.78, 5) is 37.2. The Hall–Kier alpha value is -3.22. The van der Waals surface area contributed by atoms with Gasteiger partial charge in [-0.2, -0.15) is 0 Å². The summed E-state index contributed by atoms with van der Waals surface area (Å²) in [5.74, 6) is -0.947. The average molecular weight is 370 g/mol. The van der Waals surface area contributed by atoms with Gasteiger partial charge in [0.2, 0.25) is 0 Å². The van der Waals surface area contributed by atoms with E-state index in [-0.39, 0.29) is 18.7 Å². The first-order chi connectivity index (χ1) is 13.0. The largest absolute Gasteiger partial charge is 0.462 e. The van der Waals surface area contributed by atoms with Gasteiger partial charge in [-0.3, -0.25) is 14.2 Å². The van der Waals surface area contributed by atoms with Crippen LogP contribution in [0.25, 0.3) is 11.0 Å². The Kier molecular flexibility index (Phi) is 5.21. The number of esters is 1. The summed E-state index contributed by atoms with van der Waals surface area (Å²) < 4.78 is 21.2. The minimum Gasteiger partial charge on any atom is -0.462 e. The molecule has 1 aromatic heterocycles. The van der Waals surface area contributed by atoms with Gasteiger partial charge >= 0.3 is 17.1 Å². The number of hydrogen-bond donors (Lipinski definition) is 0. The summed E-state index contributed by atoms with van der Waals surface area (Å²) in [6.45, 7) is 4.01. The van der Waals surface area contributed by atoms with Gasteiger partial charge in [-0.25, -0.2) is 9.18 Å². The second-order valence-corrected chi connectivity index (χ2v) is 5.99. The van der Waals surface area contributed by atoms with Crippen LogP contribution in [0.3, 0.4) is 0 Å². The Labute approximate surface area is 154 Å². The van der Waals surface area contributed by atoms with Crippen molar-refractivity contribution >= 4 is 17.0 Å². The lowest BCUT2D eigenvalue weighted by atomic mass is 10.1. The van der Waals surface area contributed by atoms with E-state index in [1.807, 2.05) is 0 Å². The highest BCUT2D eigenvalue weighted by Crippen LogP contribution is 2.16. The number of aryl methyl sites for hydroxylation is 1. The Morgan fingerprint density at radius 1 is 1.00 bits per heavy atom. The molecule has 0 aliphatic heterocycles. The van der Waals surface area contributed by atoms with Crippen LogP contribution in [0.4, 0.5) is 4.39 Å². The predicted octanol–water partition coefficient (Wildman–Crippen LogP) is 2.55. The van der Waals surface area contributed by atoms with Crippen molar-refractivity contribution in [2.45, 2.75) is 26.9 Å². The number of carbonyl (C=O) groups excluding carboxylic acids is 1. The lowest BCUT2D eigenvalue weighted by Crippen LogP contribution is -2.41. The summed E-state index contributed by atoms with van der Waals surface area (Å²) in [5, 5.41) is 0. The van der Waals surface area contributed by atoms with Gasteiger partial charge in [0.1, 0.15) is 5.82 Å². The number of aromatic nitrogens is 2. The smallest absolute Gasteiger partial charge is 0.338 e. The third-order valence-electron chi connectivity index (χ3n) is 4.29. The Morgan fingerprint density at radius 2 is 1.74 bits per heavy atom. The summed E-state index contributed by atoms with van der Waals surface area (Å²) in [7, 11) is 0. The minimum absolute atomic E-state index is 0.0131. The molecule has 3 rings (SSSR count). The van der Waals surface area contributed by atoms with E-state index in [9.17, 15) is 18.8 Å². The van der Waals surface area contributed by atoms with Crippen molar-refractivity contribution in [3.8, 4) is 0 Å². The van der Waals surface area contributed by atoms with E-state index < -0.39 is 22.9 Å². The summed E-state index contributed by atoms with van der Waals surface area (Å²) in [5.41, 5.74) is 0.356. The molecule has 6 nitrogen and oxygen atoms in total. The molecule has 0 aliphatic rings. The zero-order chi connectivity index (χ0) is 19.6. The molecule has 0 amide bonds. The highest BCUT2D eigenvalue weighted by Gasteiger charge is 2.16. The van der Waals surface area contributed by atoms with Crippen LogP contribution in [0.15, 0.2) is 52.1 Å². The maximum atomic E-state index is 13.5. The predicted molar refractivity (Wildman–Crippen MR) is 99.6 cm³/mol. The van der Waals surface area contributed by atoms with E-state index >= 15 is 0 Å². The number of rotatable bonds is 5. The van der Waals surface area contributed by atoms with Crippen LogP contribution in [0.1, 0.15) is 29.8 Å². The maximum absolute atomic E-state index is 13.5. The molecule has 3 aromatic rings. The number of hydrogen-bond acceptors (Lipinski definition) is 4. The quantitative estimate of drug-likeness (QED) is 0.511. The first-order valence-corrected chi connectivity index (χ1v) is 8.65. The van der Waals surface area contributed by atoms with E-state index in [4.69, 9.17) is 4.74 Å². The Morgan fingerprint density at radius 3 is 2.41 bits per heavy atom. The second kappa shape index (κ2) is 7.57. The normalized spacial score (nSPS) is 10.9. The molecule has 7 heteroatoms. The van der Waals surface area contributed by atoms with Gasteiger partial charge < -0.3 is 9.30 Å². The second-order valence-electron chi connectivity index (χ2n) is 5.99. The van der Waals surface area contributed by atoms with Crippen molar-refractivity contribution in [3.05, 3.63) is 80.1 Å². The van der Waals surface area contributed by atoms with Crippen molar-refractivity contribution in [1.82, 2.24) is 9.13 Å². The first-order valence-electron chi connectivity index (χ1n) is 8.65.